The van der Waals surface area contributed by atoms with Gasteiger partial charge in [0.1, 0.15) is 0 Å². The average molecular weight is 467 g/mol. The second kappa shape index (κ2) is 9.22. The third-order valence-electron chi connectivity index (χ3n) is 2.80. The zero-order chi connectivity index (χ0) is 20.2. The van der Waals surface area contributed by atoms with E-state index in [-0.39, 0.29) is 22.4 Å². The molecule has 0 unspecified atom stereocenters. The van der Waals surface area contributed by atoms with Crippen LogP contribution in [-0.4, -0.2) is 48.6 Å². The maximum absolute atomic E-state index is 6.55. The maximum atomic E-state index is 6.55. The molecule has 0 aliphatic carbocycles. The molecule has 0 fully saturated rings. The molecule has 25 heavy (non-hydrogen) atoms. The van der Waals surface area contributed by atoms with Crippen LogP contribution >= 0.6 is 0 Å². The molecule has 0 aromatic rings. The van der Waals surface area contributed by atoms with Crippen molar-refractivity contribution >= 4 is 19.6 Å². The van der Waals surface area contributed by atoms with Crippen LogP contribution in [0.2, 0.25) is 4.44 Å². The van der Waals surface area contributed by atoms with Crippen LogP contribution in [0.25, 0.3) is 0 Å². The molecule has 4 nitrogen and oxygen atoms in total. The predicted molar refractivity (Wildman–Crippen MR) is 108 cm³/mol. The Labute approximate surface area is 162 Å². The van der Waals surface area contributed by atoms with E-state index in [1.807, 2.05) is 0 Å². The Kier molecular flexibility index (Phi) is 9.46. The van der Waals surface area contributed by atoms with E-state index in [1.54, 1.807) is 0 Å². The fraction of sp³-hybridized carbons (Fsp3) is 1.00. The number of hydrogen-bond acceptors (Lipinski definition) is 4. The number of unbranched alkanes of at least 4 members (excludes halogenated alkanes) is 1. The third kappa shape index (κ3) is 15.4. The SMILES string of the molecule is CC(C)(C)OCCC[CH2][Sn]([O]C(C)(C)C)([O]C(C)(C)C)[O]C(C)(C)C. The van der Waals surface area contributed by atoms with Gasteiger partial charge in [0.25, 0.3) is 0 Å². The van der Waals surface area contributed by atoms with Crippen molar-refractivity contribution in [2.75, 3.05) is 6.61 Å². The predicted octanol–water partition coefficient (Wildman–Crippen LogP) is 5.97. The van der Waals surface area contributed by atoms with Crippen LogP contribution in [0.3, 0.4) is 0 Å². The summed E-state index contributed by atoms with van der Waals surface area (Å²) < 4.78 is 26.4. The molecule has 0 amide bonds. The van der Waals surface area contributed by atoms with Gasteiger partial charge >= 0.3 is 163 Å². The van der Waals surface area contributed by atoms with Crippen molar-refractivity contribution in [2.45, 2.75) is 123 Å². The molecule has 0 radical (unpaired) electrons. The first kappa shape index (κ1) is 25.6. The van der Waals surface area contributed by atoms with E-state index in [0.29, 0.717) is 0 Å². The van der Waals surface area contributed by atoms with Gasteiger partial charge in [-0.15, -0.1) is 0 Å². The fourth-order valence-corrected chi connectivity index (χ4v) is 13.6. The molecule has 0 saturated heterocycles. The summed E-state index contributed by atoms with van der Waals surface area (Å²) in [6.45, 7) is 25.8. The molecular formula is C20H44O4Sn. The first-order valence-corrected chi connectivity index (χ1v) is 15.1. The Balaban J connectivity index is 5.17. The van der Waals surface area contributed by atoms with Gasteiger partial charge in [-0.05, 0) is 0 Å². The molecule has 5 heteroatoms. The van der Waals surface area contributed by atoms with Crippen LogP contribution < -0.4 is 0 Å². The van der Waals surface area contributed by atoms with Crippen LogP contribution in [-0.2, 0) is 14.0 Å². The quantitative estimate of drug-likeness (QED) is 0.326. The van der Waals surface area contributed by atoms with Crippen molar-refractivity contribution in [2.24, 2.45) is 0 Å². The molecule has 0 spiro atoms. The minimum atomic E-state index is -3.76. The third-order valence-corrected chi connectivity index (χ3v) is 13.5. The Morgan fingerprint density at radius 2 is 0.880 bits per heavy atom. The van der Waals surface area contributed by atoms with Crippen molar-refractivity contribution in [1.29, 1.82) is 0 Å². The van der Waals surface area contributed by atoms with E-state index in [1.165, 1.54) is 0 Å². The summed E-state index contributed by atoms with van der Waals surface area (Å²) in [5.74, 6) is 0. The summed E-state index contributed by atoms with van der Waals surface area (Å²) in [7, 11) is 0. The topological polar surface area (TPSA) is 36.9 Å². The van der Waals surface area contributed by atoms with Crippen LogP contribution in [0.5, 0.6) is 0 Å². The van der Waals surface area contributed by atoms with Crippen molar-refractivity contribution < 1.29 is 14.0 Å². The zero-order valence-electron chi connectivity index (χ0n) is 19.0. The molecule has 0 saturated carbocycles. The van der Waals surface area contributed by atoms with E-state index < -0.39 is 19.6 Å². The first-order valence-electron chi connectivity index (χ1n) is 9.57. The fourth-order valence-electron chi connectivity index (χ4n) is 2.44. The van der Waals surface area contributed by atoms with Crippen LogP contribution in [0.4, 0.5) is 0 Å². The molecule has 0 N–H and O–H groups in total. The van der Waals surface area contributed by atoms with Crippen molar-refractivity contribution in [3.63, 3.8) is 0 Å². The first-order chi connectivity index (χ1) is 10.8. The van der Waals surface area contributed by atoms with Gasteiger partial charge in [-0.2, -0.15) is 0 Å². The van der Waals surface area contributed by atoms with Gasteiger partial charge in [-0.1, -0.05) is 0 Å². The Morgan fingerprint density at radius 1 is 0.520 bits per heavy atom. The van der Waals surface area contributed by atoms with Crippen LogP contribution in [0.15, 0.2) is 0 Å². The monoisotopic (exact) mass is 468 g/mol. The summed E-state index contributed by atoms with van der Waals surface area (Å²) in [6.07, 6.45) is 1.98. The van der Waals surface area contributed by atoms with Crippen molar-refractivity contribution in [3.8, 4) is 0 Å². The summed E-state index contributed by atoms with van der Waals surface area (Å²) in [5.41, 5.74) is -0.941. The Morgan fingerprint density at radius 3 is 1.16 bits per heavy atom. The second-order valence-electron chi connectivity index (χ2n) is 10.7. The zero-order valence-corrected chi connectivity index (χ0v) is 21.8. The van der Waals surface area contributed by atoms with E-state index in [9.17, 15) is 0 Å². The average Bonchev–Trinajstić information content (AvgIpc) is 2.18. The molecule has 0 aliphatic heterocycles. The summed E-state index contributed by atoms with van der Waals surface area (Å²) in [4.78, 5) is 0. The molecule has 0 atom stereocenters. The summed E-state index contributed by atoms with van der Waals surface area (Å²) in [6, 6.07) is 0. The molecule has 152 valence electrons. The Bertz CT molecular complexity index is 340. The van der Waals surface area contributed by atoms with Gasteiger partial charge in [0.2, 0.25) is 0 Å². The van der Waals surface area contributed by atoms with Gasteiger partial charge in [-0.3, -0.25) is 0 Å². The minimum absolute atomic E-state index is 0.0912. The molecule has 0 rings (SSSR count). The molecule has 0 heterocycles. The number of hydrogen-bond donors (Lipinski definition) is 0. The van der Waals surface area contributed by atoms with Gasteiger partial charge in [0.05, 0.1) is 0 Å². The van der Waals surface area contributed by atoms with E-state index in [0.717, 1.165) is 23.9 Å². The molecule has 0 aromatic carbocycles. The molecular weight excluding hydrogens is 423 g/mol. The normalized spacial score (nSPS) is 14.9. The summed E-state index contributed by atoms with van der Waals surface area (Å²) in [5, 5.41) is 0. The second-order valence-corrected chi connectivity index (χ2v) is 17.8. The van der Waals surface area contributed by atoms with Gasteiger partial charge in [-0.25, -0.2) is 0 Å². The molecule has 0 aromatic heterocycles. The van der Waals surface area contributed by atoms with E-state index in [2.05, 4.69) is 83.1 Å². The van der Waals surface area contributed by atoms with E-state index >= 15 is 0 Å². The number of ether oxygens (including phenoxy) is 1. The van der Waals surface area contributed by atoms with E-state index in [4.69, 9.17) is 14.0 Å². The van der Waals surface area contributed by atoms with Gasteiger partial charge in [0.15, 0.2) is 0 Å². The van der Waals surface area contributed by atoms with Crippen molar-refractivity contribution in [3.05, 3.63) is 0 Å². The number of rotatable bonds is 8. The molecule has 0 aliphatic rings. The van der Waals surface area contributed by atoms with Crippen molar-refractivity contribution in [1.82, 2.24) is 0 Å². The Hall–Kier alpha value is 0.639. The van der Waals surface area contributed by atoms with Crippen LogP contribution in [0.1, 0.15) is 95.9 Å². The van der Waals surface area contributed by atoms with Crippen LogP contribution in [0, 0.1) is 0 Å². The van der Waals surface area contributed by atoms with Gasteiger partial charge < -0.3 is 0 Å². The standard InChI is InChI=1S/C8H17O.3C4H9O.Sn/c1-5-6-7-9-8(2,3)4;3*1-4(2,3)5;/h1,5-7H2,2-4H3;3*1-3H3;/q;3*-1;+3. The van der Waals surface area contributed by atoms with Gasteiger partial charge in [0, 0.05) is 0 Å². The summed E-state index contributed by atoms with van der Waals surface area (Å²) >= 11 is -3.76. The molecule has 0 bridgehead atoms.